The first kappa shape index (κ1) is 17.6. The molecule has 0 radical (unpaired) electrons. The van der Waals surface area contributed by atoms with Gasteiger partial charge >= 0.3 is 0 Å². The molecule has 0 spiro atoms. The van der Waals surface area contributed by atoms with Gasteiger partial charge in [-0.15, -0.1) is 0 Å². The summed E-state index contributed by atoms with van der Waals surface area (Å²) in [6, 6.07) is 5.96. The molecule has 1 atom stereocenters. The van der Waals surface area contributed by atoms with Crippen LogP contribution in [0.2, 0.25) is 0 Å². The maximum absolute atomic E-state index is 11.9. The third kappa shape index (κ3) is 4.86. The minimum atomic E-state index is 0.0847. The van der Waals surface area contributed by atoms with Crippen LogP contribution in [0.5, 0.6) is 11.5 Å². The van der Waals surface area contributed by atoms with Crippen LogP contribution in [-0.2, 0) is 11.3 Å². The van der Waals surface area contributed by atoms with Gasteiger partial charge in [0.25, 0.3) is 0 Å². The summed E-state index contributed by atoms with van der Waals surface area (Å²) in [7, 11) is 3.37. The summed E-state index contributed by atoms with van der Waals surface area (Å²) in [6.07, 6.45) is 2.13. The molecule has 0 aliphatic carbocycles. The summed E-state index contributed by atoms with van der Waals surface area (Å²) in [5.41, 5.74) is 1.14. The van der Waals surface area contributed by atoms with Crippen molar-refractivity contribution in [2.75, 3.05) is 27.2 Å². The molecule has 1 heterocycles. The fraction of sp³-hybridized carbons (Fsp3) is 0.611. The normalized spacial score (nSPS) is 18.7. The zero-order valence-corrected chi connectivity index (χ0v) is 14.6. The van der Waals surface area contributed by atoms with Crippen molar-refractivity contribution in [2.45, 2.75) is 39.3 Å². The lowest BCUT2D eigenvalue weighted by atomic mass is 9.96. The molecule has 0 unspecified atom stereocenters. The first-order chi connectivity index (χ1) is 11.0. The lowest BCUT2D eigenvalue weighted by molar-refractivity contribution is -0.126. The lowest BCUT2D eigenvalue weighted by Crippen LogP contribution is -2.41. The van der Waals surface area contributed by atoms with Crippen LogP contribution in [0.3, 0.4) is 0 Å². The predicted molar refractivity (Wildman–Crippen MR) is 90.8 cm³/mol. The topological polar surface area (TPSA) is 50.8 Å². The molecule has 1 aliphatic rings. The zero-order chi connectivity index (χ0) is 16.8. The molecule has 1 aliphatic heterocycles. The van der Waals surface area contributed by atoms with E-state index in [0.717, 1.165) is 49.5 Å². The number of ether oxygens (including phenoxy) is 2. The van der Waals surface area contributed by atoms with Crippen molar-refractivity contribution in [3.63, 3.8) is 0 Å². The fourth-order valence-corrected chi connectivity index (χ4v) is 3.01. The number of carbonyl (C=O) groups excluding carboxylic acids is 1. The van der Waals surface area contributed by atoms with Gasteiger partial charge in [-0.1, -0.05) is 6.07 Å². The van der Waals surface area contributed by atoms with Crippen LogP contribution < -0.4 is 14.8 Å². The second kappa shape index (κ2) is 8.20. The Morgan fingerprint density at radius 1 is 1.43 bits per heavy atom. The Kier molecular flexibility index (Phi) is 6.28. The Morgan fingerprint density at radius 2 is 2.22 bits per heavy atom. The molecule has 1 aromatic rings. The maximum Gasteiger partial charge on any atom is 0.224 e. The van der Waals surface area contributed by atoms with E-state index in [0.29, 0.717) is 0 Å². The van der Waals surface area contributed by atoms with E-state index in [4.69, 9.17) is 9.47 Å². The van der Waals surface area contributed by atoms with Crippen molar-refractivity contribution in [1.82, 2.24) is 10.2 Å². The van der Waals surface area contributed by atoms with E-state index < -0.39 is 0 Å². The maximum atomic E-state index is 11.9. The van der Waals surface area contributed by atoms with E-state index in [-0.39, 0.29) is 17.9 Å². The molecular weight excluding hydrogens is 292 g/mol. The number of hydrogen-bond acceptors (Lipinski definition) is 4. The van der Waals surface area contributed by atoms with E-state index in [9.17, 15) is 4.79 Å². The largest absolute Gasteiger partial charge is 0.497 e. The number of hydrogen-bond donors (Lipinski definition) is 1. The smallest absolute Gasteiger partial charge is 0.224 e. The second-order valence-electron chi connectivity index (χ2n) is 6.33. The number of piperidine rings is 1. The average Bonchev–Trinajstić information content (AvgIpc) is 2.55. The van der Waals surface area contributed by atoms with Gasteiger partial charge in [-0.2, -0.15) is 0 Å². The van der Waals surface area contributed by atoms with E-state index >= 15 is 0 Å². The highest BCUT2D eigenvalue weighted by molar-refractivity contribution is 5.78. The number of rotatable bonds is 6. The SMILES string of the molecule is CNC(=O)[C@H]1CCCN(Cc2ccc(OC)cc2OC(C)C)C1. The lowest BCUT2D eigenvalue weighted by Gasteiger charge is -2.32. The Morgan fingerprint density at radius 3 is 2.87 bits per heavy atom. The Hall–Kier alpha value is -1.75. The molecular formula is C18H28N2O3. The Bertz CT molecular complexity index is 531. The fourth-order valence-electron chi connectivity index (χ4n) is 3.01. The molecule has 5 heteroatoms. The molecule has 1 N–H and O–H groups in total. The molecule has 5 nitrogen and oxygen atoms in total. The van der Waals surface area contributed by atoms with Gasteiger partial charge < -0.3 is 14.8 Å². The van der Waals surface area contributed by atoms with Gasteiger partial charge in [0, 0.05) is 31.8 Å². The van der Waals surface area contributed by atoms with E-state index in [1.807, 2.05) is 26.0 Å². The Balaban J connectivity index is 2.10. The molecule has 1 amide bonds. The summed E-state index contributed by atoms with van der Waals surface area (Å²) in [5.74, 6) is 1.89. The van der Waals surface area contributed by atoms with Crippen molar-refractivity contribution in [3.8, 4) is 11.5 Å². The first-order valence-electron chi connectivity index (χ1n) is 8.31. The highest BCUT2D eigenvalue weighted by Gasteiger charge is 2.25. The number of likely N-dealkylation sites (tertiary alicyclic amines) is 1. The minimum absolute atomic E-state index is 0.0847. The first-order valence-corrected chi connectivity index (χ1v) is 8.31. The second-order valence-corrected chi connectivity index (χ2v) is 6.33. The molecule has 2 rings (SSSR count). The molecule has 23 heavy (non-hydrogen) atoms. The standard InChI is InChI=1S/C18H28N2O3/c1-13(2)23-17-10-16(22-4)8-7-14(17)11-20-9-5-6-15(12-20)18(21)19-3/h7-8,10,13,15H,5-6,9,11-12H2,1-4H3,(H,19,21)/t15-/m0/s1. The van der Waals surface area contributed by atoms with Crippen molar-refractivity contribution in [3.05, 3.63) is 23.8 Å². The average molecular weight is 320 g/mol. The third-order valence-electron chi connectivity index (χ3n) is 4.15. The number of nitrogens with zero attached hydrogens (tertiary/aromatic N) is 1. The van der Waals surface area contributed by atoms with Crippen LogP contribution in [0.4, 0.5) is 0 Å². The van der Waals surface area contributed by atoms with Crippen molar-refractivity contribution in [2.24, 2.45) is 5.92 Å². The number of benzene rings is 1. The quantitative estimate of drug-likeness (QED) is 0.875. The molecule has 1 aromatic carbocycles. The van der Waals surface area contributed by atoms with E-state index in [2.05, 4.69) is 16.3 Å². The molecule has 0 aromatic heterocycles. The van der Waals surface area contributed by atoms with Crippen molar-refractivity contribution >= 4 is 5.91 Å². The van der Waals surface area contributed by atoms with E-state index in [1.54, 1.807) is 14.2 Å². The van der Waals surface area contributed by atoms with Crippen LogP contribution in [0.15, 0.2) is 18.2 Å². The Labute approximate surface area is 139 Å². The molecule has 0 saturated carbocycles. The van der Waals surface area contributed by atoms with Gasteiger partial charge in [0.2, 0.25) is 5.91 Å². The zero-order valence-electron chi connectivity index (χ0n) is 14.6. The summed E-state index contributed by atoms with van der Waals surface area (Å²) < 4.78 is 11.2. The van der Waals surface area contributed by atoms with Gasteiger partial charge in [0.1, 0.15) is 11.5 Å². The molecule has 1 saturated heterocycles. The van der Waals surface area contributed by atoms with Crippen LogP contribution in [0, 0.1) is 5.92 Å². The van der Waals surface area contributed by atoms with Crippen LogP contribution in [-0.4, -0.2) is 44.2 Å². The van der Waals surface area contributed by atoms with Gasteiger partial charge in [0.15, 0.2) is 0 Å². The van der Waals surface area contributed by atoms with Crippen LogP contribution in [0.1, 0.15) is 32.3 Å². The number of methoxy groups -OCH3 is 1. The minimum Gasteiger partial charge on any atom is -0.497 e. The van der Waals surface area contributed by atoms with Gasteiger partial charge in [-0.25, -0.2) is 0 Å². The number of carbonyl (C=O) groups is 1. The van der Waals surface area contributed by atoms with Gasteiger partial charge in [0.05, 0.1) is 19.1 Å². The molecule has 128 valence electrons. The van der Waals surface area contributed by atoms with Crippen LogP contribution >= 0.6 is 0 Å². The van der Waals surface area contributed by atoms with Crippen molar-refractivity contribution < 1.29 is 14.3 Å². The number of nitrogens with one attached hydrogen (secondary N) is 1. The highest BCUT2D eigenvalue weighted by atomic mass is 16.5. The molecule has 0 bridgehead atoms. The predicted octanol–water partition coefficient (Wildman–Crippen LogP) is 2.44. The van der Waals surface area contributed by atoms with Crippen molar-refractivity contribution in [1.29, 1.82) is 0 Å². The van der Waals surface area contributed by atoms with E-state index in [1.165, 1.54) is 0 Å². The monoisotopic (exact) mass is 320 g/mol. The third-order valence-corrected chi connectivity index (χ3v) is 4.15. The number of amides is 1. The summed E-state index contributed by atoms with van der Waals surface area (Å²) >= 11 is 0. The van der Waals surface area contributed by atoms with Crippen LogP contribution in [0.25, 0.3) is 0 Å². The van der Waals surface area contributed by atoms with Gasteiger partial charge in [-0.3, -0.25) is 9.69 Å². The highest BCUT2D eigenvalue weighted by Crippen LogP contribution is 2.28. The molecule has 1 fully saturated rings. The summed E-state index contributed by atoms with van der Waals surface area (Å²) in [5, 5.41) is 2.76. The summed E-state index contributed by atoms with van der Waals surface area (Å²) in [4.78, 5) is 14.2. The summed E-state index contributed by atoms with van der Waals surface area (Å²) in [6.45, 7) is 6.64. The van der Waals surface area contributed by atoms with Gasteiger partial charge in [-0.05, 0) is 39.3 Å².